The van der Waals surface area contributed by atoms with Gasteiger partial charge in [0, 0.05) is 4.91 Å². The highest BCUT2D eigenvalue weighted by Crippen LogP contribution is 2.13. The van der Waals surface area contributed by atoms with E-state index in [0.717, 1.165) is 11.3 Å². The fourth-order valence-corrected chi connectivity index (χ4v) is 0.753. The van der Waals surface area contributed by atoms with Crippen molar-refractivity contribution < 1.29 is 0 Å². The molecule has 0 aliphatic carbocycles. The Morgan fingerprint density at radius 3 is 2.73 bits per heavy atom. The molecule has 11 heavy (non-hydrogen) atoms. The van der Waals surface area contributed by atoms with Crippen LogP contribution < -0.4 is 0 Å². The first-order valence-corrected chi connectivity index (χ1v) is 3.10. The average molecular weight is 149 g/mol. The number of rotatable bonds is 1. The largest absolute Gasteiger partial charge is 0.156 e. The van der Waals surface area contributed by atoms with Crippen molar-refractivity contribution in [3.8, 4) is 0 Å². The molecular weight excluding hydrogens is 142 g/mol. The van der Waals surface area contributed by atoms with Gasteiger partial charge in [0.05, 0.1) is 5.69 Å². The Hall–Kier alpha value is -1.61. The molecule has 0 saturated carbocycles. The Kier molecular flexibility index (Phi) is 2.03. The molecule has 0 spiro atoms. The lowest BCUT2D eigenvalue weighted by Crippen LogP contribution is -1.87. The third-order valence-electron chi connectivity index (χ3n) is 1.22. The van der Waals surface area contributed by atoms with Crippen molar-refractivity contribution in [1.82, 2.24) is 10.2 Å². The van der Waals surface area contributed by atoms with E-state index >= 15 is 0 Å². The summed E-state index contributed by atoms with van der Waals surface area (Å²) in [7, 11) is 0. The van der Waals surface area contributed by atoms with Gasteiger partial charge in [-0.05, 0) is 36.1 Å². The summed E-state index contributed by atoms with van der Waals surface area (Å²) < 4.78 is 0. The summed E-state index contributed by atoms with van der Waals surface area (Å²) in [6.45, 7) is 3.66. The van der Waals surface area contributed by atoms with Crippen LogP contribution in [0.2, 0.25) is 0 Å². The van der Waals surface area contributed by atoms with Gasteiger partial charge in [-0.15, -0.1) is 5.10 Å². The van der Waals surface area contributed by atoms with E-state index in [4.69, 9.17) is 5.53 Å². The second-order valence-corrected chi connectivity index (χ2v) is 2.18. The minimum absolute atomic E-state index is 0.345. The van der Waals surface area contributed by atoms with Gasteiger partial charge in [-0.2, -0.15) is 5.10 Å². The Morgan fingerprint density at radius 2 is 2.18 bits per heavy atom. The van der Waals surface area contributed by atoms with Gasteiger partial charge in [0.15, 0.2) is 5.82 Å². The van der Waals surface area contributed by atoms with Crippen molar-refractivity contribution in [2.45, 2.75) is 13.8 Å². The van der Waals surface area contributed by atoms with E-state index in [-0.39, 0.29) is 0 Å². The Balaban J connectivity index is 3.19. The van der Waals surface area contributed by atoms with Crippen LogP contribution in [0.4, 0.5) is 5.82 Å². The molecule has 0 fully saturated rings. The van der Waals surface area contributed by atoms with Crippen LogP contribution in [0.25, 0.3) is 10.4 Å². The smallest absolute Gasteiger partial charge is 0.152 e. The van der Waals surface area contributed by atoms with E-state index < -0.39 is 0 Å². The minimum atomic E-state index is 0.345. The van der Waals surface area contributed by atoms with Crippen LogP contribution >= 0.6 is 0 Å². The van der Waals surface area contributed by atoms with Crippen LogP contribution in [-0.2, 0) is 0 Å². The molecule has 5 heteroatoms. The highest BCUT2D eigenvalue weighted by molar-refractivity contribution is 5.35. The molecule has 1 aromatic heterocycles. The van der Waals surface area contributed by atoms with Crippen LogP contribution in [0.15, 0.2) is 11.2 Å². The van der Waals surface area contributed by atoms with Crippen molar-refractivity contribution in [3.63, 3.8) is 0 Å². The fourth-order valence-electron chi connectivity index (χ4n) is 0.753. The lowest BCUT2D eigenvalue weighted by atomic mass is 10.3. The number of hydrogen-bond acceptors (Lipinski definition) is 3. The standard InChI is InChI=1S/C6H7N5/c1-4-3-5(2)8-9-6(4)10-11-7/h3H,1-2H3. The van der Waals surface area contributed by atoms with Crippen LogP contribution in [0.3, 0.4) is 0 Å². The fraction of sp³-hybridized carbons (Fsp3) is 0.333. The van der Waals surface area contributed by atoms with Gasteiger partial charge in [-0.3, -0.25) is 0 Å². The Morgan fingerprint density at radius 1 is 1.45 bits per heavy atom. The van der Waals surface area contributed by atoms with Gasteiger partial charge >= 0.3 is 0 Å². The zero-order chi connectivity index (χ0) is 8.27. The maximum absolute atomic E-state index is 8.10. The normalized spacial score (nSPS) is 8.91. The first-order chi connectivity index (χ1) is 5.24. The summed E-state index contributed by atoms with van der Waals surface area (Å²) in [5.74, 6) is 0.345. The summed E-state index contributed by atoms with van der Waals surface area (Å²) in [6, 6.07) is 1.82. The quantitative estimate of drug-likeness (QED) is 0.348. The highest BCUT2D eigenvalue weighted by atomic mass is 15.2. The molecule has 56 valence electrons. The van der Waals surface area contributed by atoms with Crippen LogP contribution in [0.5, 0.6) is 0 Å². The van der Waals surface area contributed by atoms with E-state index in [1.807, 2.05) is 19.9 Å². The molecule has 0 amide bonds. The molecule has 0 saturated heterocycles. The Labute approximate surface area is 63.7 Å². The van der Waals surface area contributed by atoms with Crippen LogP contribution in [0, 0.1) is 13.8 Å². The van der Waals surface area contributed by atoms with E-state index in [2.05, 4.69) is 20.2 Å². The molecule has 0 unspecified atom stereocenters. The van der Waals surface area contributed by atoms with E-state index in [0.29, 0.717) is 5.82 Å². The Bertz CT molecular complexity index is 313. The van der Waals surface area contributed by atoms with E-state index in [1.54, 1.807) is 0 Å². The minimum Gasteiger partial charge on any atom is -0.156 e. The average Bonchev–Trinajstić information content (AvgIpc) is 1.95. The number of aryl methyl sites for hydroxylation is 2. The lowest BCUT2D eigenvalue weighted by molar-refractivity contribution is 0.960. The van der Waals surface area contributed by atoms with Gasteiger partial charge in [0.2, 0.25) is 0 Å². The molecule has 5 nitrogen and oxygen atoms in total. The number of hydrogen-bond donors (Lipinski definition) is 0. The zero-order valence-electron chi connectivity index (χ0n) is 6.31. The molecule has 0 aliphatic rings. The topological polar surface area (TPSA) is 74.5 Å². The lowest BCUT2D eigenvalue weighted by Gasteiger charge is -1.95. The summed E-state index contributed by atoms with van der Waals surface area (Å²) in [6.07, 6.45) is 0. The van der Waals surface area contributed by atoms with Gasteiger partial charge in [-0.25, -0.2) is 0 Å². The number of azide groups is 1. The van der Waals surface area contributed by atoms with Crippen molar-refractivity contribution >= 4 is 5.82 Å². The maximum Gasteiger partial charge on any atom is 0.152 e. The molecular formula is C6H7N5. The van der Waals surface area contributed by atoms with Gasteiger partial charge in [-0.1, -0.05) is 0 Å². The first kappa shape index (κ1) is 7.50. The summed E-state index contributed by atoms with van der Waals surface area (Å²) in [5, 5.41) is 10.8. The van der Waals surface area contributed by atoms with Crippen molar-refractivity contribution in [3.05, 3.63) is 27.8 Å². The van der Waals surface area contributed by atoms with Crippen LogP contribution in [0.1, 0.15) is 11.3 Å². The summed E-state index contributed by atoms with van der Waals surface area (Å²) >= 11 is 0. The van der Waals surface area contributed by atoms with E-state index in [1.165, 1.54) is 0 Å². The third-order valence-corrected chi connectivity index (χ3v) is 1.22. The molecule has 1 aromatic rings. The molecule has 0 N–H and O–H groups in total. The summed E-state index contributed by atoms with van der Waals surface area (Å²) in [5.41, 5.74) is 9.77. The third kappa shape index (κ3) is 1.65. The van der Waals surface area contributed by atoms with Crippen molar-refractivity contribution in [2.75, 3.05) is 0 Å². The molecule has 0 atom stereocenters. The predicted octanol–water partition coefficient (Wildman–Crippen LogP) is 2.04. The molecule has 1 heterocycles. The second-order valence-electron chi connectivity index (χ2n) is 2.18. The molecule has 0 bridgehead atoms. The van der Waals surface area contributed by atoms with Gasteiger partial charge in [0.25, 0.3) is 0 Å². The molecule has 0 aliphatic heterocycles. The number of nitrogens with zero attached hydrogens (tertiary/aromatic N) is 5. The second kappa shape index (κ2) is 2.98. The van der Waals surface area contributed by atoms with Gasteiger partial charge in [0.1, 0.15) is 0 Å². The molecule has 0 aromatic carbocycles. The SMILES string of the molecule is Cc1cc(C)c(N=[N+]=[N-])nn1. The molecule has 1 rings (SSSR count). The highest BCUT2D eigenvalue weighted by Gasteiger charge is 1.96. The first-order valence-electron chi connectivity index (χ1n) is 3.10. The number of aromatic nitrogens is 2. The predicted molar refractivity (Wildman–Crippen MR) is 40.3 cm³/mol. The monoisotopic (exact) mass is 149 g/mol. The van der Waals surface area contributed by atoms with E-state index in [9.17, 15) is 0 Å². The summed E-state index contributed by atoms with van der Waals surface area (Å²) in [4.78, 5) is 2.62. The zero-order valence-corrected chi connectivity index (χ0v) is 6.31. The molecule has 0 radical (unpaired) electrons. The van der Waals surface area contributed by atoms with Crippen molar-refractivity contribution in [2.24, 2.45) is 5.11 Å². The van der Waals surface area contributed by atoms with Gasteiger partial charge < -0.3 is 0 Å². The van der Waals surface area contributed by atoms with Crippen molar-refractivity contribution in [1.29, 1.82) is 0 Å². The maximum atomic E-state index is 8.10. The van der Waals surface area contributed by atoms with Crippen LogP contribution in [-0.4, -0.2) is 10.2 Å².